The van der Waals surface area contributed by atoms with Crippen molar-refractivity contribution < 1.29 is 23.1 Å². The average molecular weight is 553 g/mol. The molecule has 2 heterocycles. The lowest BCUT2D eigenvalue weighted by Crippen LogP contribution is -2.54. The normalized spacial score (nSPS) is 23.0. The van der Waals surface area contributed by atoms with E-state index in [9.17, 15) is 23.6 Å². The molecule has 3 aliphatic rings. The van der Waals surface area contributed by atoms with Gasteiger partial charge < -0.3 is 15.2 Å². The highest BCUT2D eigenvalue weighted by Crippen LogP contribution is 2.46. The van der Waals surface area contributed by atoms with Crippen LogP contribution in [-0.4, -0.2) is 61.4 Å². The van der Waals surface area contributed by atoms with E-state index in [0.717, 1.165) is 62.6 Å². The van der Waals surface area contributed by atoms with E-state index in [1.54, 1.807) is 25.1 Å². The molecule has 3 atom stereocenters. The summed E-state index contributed by atoms with van der Waals surface area (Å²) in [6.45, 7) is 3.34. The SMILES string of the molecule is CC(O)CC(=O)N[C@H]1CC2(CCN([C@@H]3CCc4cc(C#N)ccc4C3)CC2)Oc2ccc(NS(C)(=O)=O)cc21. The van der Waals surface area contributed by atoms with Gasteiger partial charge in [0.1, 0.15) is 11.4 Å². The molecular formula is C29H36N4O5S. The summed E-state index contributed by atoms with van der Waals surface area (Å²) in [6, 6.07) is 13.5. The van der Waals surface area contributed by atoms with Crippen molar-refractivity contribution in [2.75, 3.05) is 24.1 Å². The number of ether oxygens (including phenoxy) is 1. The first kappa shape index (κ1) is 27.4. The van der Waals surface area contributed by atoms with Gasteiger partial charge in [0.25, 0.3) is 0 Å². The molecule has 0 saturated carbocycles. The number of aliphatic hydroxyl groups excluding tert-OH is 1. The summed E-state index contributed by atoms with van der Waals surface area (Å²) in [6.07, 6.45) is 5.56. The maximum atomic E-state index is 12.7. The van der Waals surface area contributed by atoms with Gasteiger partial charge in [-0.05, 0) is 80.5 Å². The smallest absolute Gasteiger partial charge is 0.229 e. The maximum Gasteiger partial charge on any atom is 0.229 e. The van der Waals surface area contributed by atoms with Crippen LogP contribution in [-0.2, 0) is 27.7 Å². The summed E-state index contributed by atoms with van der Waals surface area (Å²) < 4.78 is 32.7. The lowest BCUT2D eigenvalue weighted by Gasteiger charge is -2.49. The van der Waals surface area contributed by atoms with E-state index in [-0.39, 0.29) is 18.4 Å². The van der Waals surface area contributed by atoms with E-state index in [1.807, 2.05) is 12.1 Å². The van der Waals surface area contributed by atoms with Gasteiger partial charge in [-0.25, -0.2) is 8.42 Å². The Labute approximate surface area is 230 Å². The van der Waals surface area contributed by atoms with E-state index < -0.39 is 21.7 Å². The zero-order chi connectivity index (χ0) is 27.8. The molecule has 1 amide bonds. The molecule has 39 heavy (non-hydrogen) atoms. The molecule has 1 fully saturated rings. The number of piperidine rings is 1. The number of likely N-dealkylation sites (tertiary alicyclic amines) is 1. The van der Waals surface area contributed by atoms with Gasteiger partial charge in [0.05, 0.1) is 36.5 Å². The van der Waals surface area contributed by atoms with Crippen LogP contribution in [0.15, 0.2) is 36.4 Å². The predicted octanol–water partition coefficient (Wildman–Crippen LogP) is 3.03. The van der Waals surface area contributed by atoms with E-state index in [4.69, 9.17) is 4.74 Å². The molecule has 0 radical (unpaired) electrons. The van der Waals surface area contributed by atoms with E-state index in [1.165, 1.54) is 11.1 Å². The number of hydrogen-bond acceptors (Lipinski definition) is 7. The molecular weight excluding hydrogens is 516 g/mol. The molecule has 1 spiro atoms. The van der Waals surface area contributed by atoms with Gasteiger partial charge in [-0.2, -0.15) is 5.26 Å². The van der Waals surface area contributed by atoms with E-state index in [0.29, 0.717) is 23.9 Å². The summed E-state index contributed by atoms with van der Waals surface area (Å²) in [5, 5.41) is 22.0. The summed E-state index contributed by atoms with van der Waals surface area (Å²) in [5.41, 5.74) is 4.04. The summed E-state index contributed by atoms with van der Waals surface area (Å²) in [4.78, 5) is 15.2. The minimum atomic E-state index is -3.46. The van der Waals surface area contributed by atoms with Crippen LogP contribution in [0.3, 0.4) is 0 Å². The second-order valence-corrected chi connectivity index (χ2v) is 13.1. The number of amides is 1. The molecule has 0 aromatic heterocycles. The van der Waals surface area contributed by atoms with Gasteiger partial charge in [0.2, 0.25) is 15.9 Å². The van der Waals surface area contributed by atoms with Crippen LogP contribution >= 0.6 is 0 Å². The molecule has 1 aliphatic carbocycles. The number of carbonyl (C=O) groups is 1. The van der Waals surface area contributed by atoms with Gasteiger partial charge in [0.15, 0.2) is 0 Å². The van der Waals surface area contributed by atoms with Gasteiger partial charge in [-0.1, -0.05) is 6.07 Å². The lowest BCUT2D eigenvalue weighted by molar-refractivity contribution is -0.124. The first-order valence-electron chi connectivity index (χ1n) is 13.6. The molecule has 208 valence electrons. The molecule has 10 heteroatoms. The summed E-state index contributed by atoms with van der Waals surface area (Å²) >= 11 is 0. The number of sulfonamides is 1. The number of aryl methyl sites for hydroxylation is 1. The molecule has 1 saturated heterocycles. The molecule has 3 N–H and O–H groups in total. The zero-order valence-electron chi connectivity index (χ0n) is 22.4. The van der Waals surface area contributed by atoms with Crippen molar-refractivity contribution in [1.82, 2.24) is 10.2 Å². The molecule has 1 unspecified atom stereocenters. The molecule has 5 rings (SSSR count). The highest BCUT2D eigenvalue weighted by Gasteiger charge is 2.45. The van der Waals surface area contributed by atoms with E-state index in [2.05, 4.69) is 27.1 Å². The monoisotopic (exact) mass is 552 g/mol. The number of anilines is 1. The van der Waals surface area contributed by atoms with Crippen molar-refractivity contribution in [3.8, 4) is 11.8 Å². The summed E-state index contributed by atoms with van der Waals surface area (Å²) in [5.74, 6) is 0.397. The Kier molecular flexibility index (Phi) is 7.60. The third-order valence-corrected chi connectivity index (χ3v) is 8.78. The highest BCUT2D eigenvalue weighted by atomic mass is 32.2. The number of nitrogens with zero attached hydrogens (tertiary/aromatic N) is 2. The van der Waals surface area contributed by atoms with Crippen LogP contribution in [0.25, 0.3) is 0 Å². The molecule has 9 nitrogen and oxygen atoms in total. The fourth-order valence-electron chi connectivity index (χ4n) is 6.32. The summed E-state index contributed by atoms with van der Waals surface area (Å²) in [7, 11) is -3.46. The minimum Gasteiger partial charge on any atom is -0.487 e. The Hall–Kier alpha value is -3.13. The number of nitriles is 1. The number of fused-ring (bicyclic) bond motifs is 2. The first-order valence-corrected chi connectivity index (χ1v) is 15.5. The van der Waals surface area contributed by atoms with Crippen LogP contribution in [0.5, 0.6) is 5.75 Å². The number of nitrogens with one attached hydrogen (secondary N) is 2. The molecule has 2 aromatic rings. The Bertz CT molecular complexity index is 1390. The standard InChI is InChI=1S/C29H36N4O5S/c1-19(34)13-28(35)31-26-17-29(38-27-8-6-23(16-25(26)27)32-39(2,36)37)9-11-33(12-10-29)24-7-5-21-14-20(18-30)3-4-22(21)15-24/h3-4,6,8,14,16,19,24,26,32,34H,5,7,9-13,15,17H2,1-2H3,(H,31,35)/t19?,24-,26+/m1/s1. The van der Waals surface area contributed by atoms with E-state index >= 15 is 0 Å². The number of carbonyl (C=O) groups excluding carboxylic acids is 1. The van der Waals surface area contributed by atoms with Crippen molar-refractivity contribution in [2.45, 2.75) is 75.7 Å². The Balaban J connectivity index is 1.31. The third-order valence-electron chi connectivity index (χ3n) is 8.17. The number of hydrogen-bond donors (Lipinski definition) is 3. The second-order valence-electron chi connectivity index (χ2n) is 11.3. The minimum absolute atomic E-state index is 0.00619. The Morgan fingerprint density at radius 3 is 2.69 bits per heavy atom. The largest absolute Gasteiger partial charge is 0.487 e. The lowest BCUT2D eigenvalue weighted by atomic mass is 9.79. The van der Waals surface area contributed by atoms with Gasteiger partial charge in [-0.15, -0.1) is 0 Å². The number of rotatable bonds is 6. The van der Waals surface area contributed by atoms with Crippen molar-refractivity contribution in [1.29, 1.82) is 5.26 Å². The third kappa shape index (κ3) is 6.38. The molecule has 2 aromatic carbocycles. The Morgan fingerprint density at radius 1 is 1.23 bits per heavy atom. The van der Waals surface area contributed by atoms with Crippen LogP contribution < -0.4 is 14.8 Å². The van der Waals surface area contributed by atoms with Crippen molar-refractivity contribution >= 4 is 21.6 Å². The van der Waals surface area contributed by atoms with Crippen LogP contribution in [0, 0.1) is 11.3 Å². The zero-order valence-corrected chi connectivity index (χ0v) is 23.3. The fourth-order valence-corrected chi connectivity index (χ4v) is 6.87. The fraction of sp³-hybridized carbons (Fsp3) is 0.517. The van der Waals surface area contributed by atoms with Crippen LogP contribution in [0.2, 0.25) is 0 Å². The van der Waals surface area contributed by atoms with Gasteiger partial charge in [0, 0.05) is 36.8 Å². The van der Waals surface area contributed by atoms with Gasteiger partial charge >= 0.3 is 0 Å². The molecule has 2 aliphatic heterocycles. The second kappa shape index (κ2) is 10.8. The highest BCUT2D eigenvalue weighted by molar-refractivity contribution is 7.92. The first-order chi connectivity index (χ1) is 18.5. The molecule has 0 bridgehead atoms. The quantitative estimate of drug-likeness (QED) is 0.502. The van der Waals surface area contributed by atoms with Gasteiger partial charge in [-0.3, -0.25) is 14.4 Å². The predicted molar refractivity (Wildman–Crippen MR) is 148 cm³/mol. The number of benzene rings is 2. The van der Waals surface area contributed by atoms with Crippen LogP contribution in [0.1, 0.15) is 67.3 Å². The van der Waals surface area contributed by atoms with Crippen LogP contribution in [0.4, 0.5) is 5.69 Å². The topological polar surface area (TPSA) is 132 Å². The Morgan fingerprint density at radius 2 is 2.00 bits per heavy atom. The number of aliphatic hydroxyl groups is 1. The van der Waals surface area contributed by atoms with Crippen molar-refractivity contribution in [3.63, 3.8) is 0 Å². The van der Waals surface area contributed by atoms with Crippen molar-refractivity contribution in [2.24, 2.45) is 0 Å². The van der Waals surface area contributed by atoms with Crippen molar-refractivity contribution in [3.05, 3.63) is 58.7 Å². The average Bonchev–Trinajstić information content (AvgIpc) is 2.87. The maximum absolute atomic E-state index is 12.7.